The van der Waals surface area contributed by atoms with E-state index in [0.717, 1.165) is 45.0 Å². The monoisotopic (exact) mass is 293 g/mol. The zero-order valence-electron chi connectivity index (χ0n) is 14.3. The van der Waals surface area contributed by atoms with Gasteiger partial charge in [-0.25, -0.2) is 0 Å². The molecule has 4 nitrogen and oxygen atoms in total. The highest BCUT2D eigenvalue weighted by Crippen LogP contribution is 2.11. The number of hydrogen-bond acceptors (Lipinski definition) is 4. The summed E-state index contributed by atoms with van der Waals surface area (Å²) in [5, 5.41) is 9.83. The summed E-state index contributed by atoms with van der Waals surface area (Å²) in [4.78, 5) is 9.13. The van der Waals surface area contributed by atoms with Gasteiger partial charge in [0, 0.05) is 51.2 Å². The van der Waals surface area contributed by atoms with Gasteiger partial charge in [0.25, 0.3) is 0 Å². The van der Waals surface area contributed by atoms with E-state index in [0.29, 0.717) is 0 Å². The average Bonchev–Trinajstić information content (AvgIpc) is 2.44. The van der Waals surface area contributed by atoms with Crippen molar-refractivity contribution >= 4 is 0 Å². The Kier molecular flexibility index (Phi) is 7.29. The molecular formula is C17H31N3O. The van der Waals surface area contributed by atoms with E-state index in [4.69, 9.17) is 0 Å². The highest BCUT2D eigenvalue weighted by molar-refractivity contribution is 5.13. The summed E-state index contributed by atoms with van der Waals surface area (Å²) in [5.74, 6) is 0. The summed E-state index contributed by atoms with van der Waals surface area (Å²) >= 11 is 0. The van der Waals surface area contributed by atoms with Crippen LogP contribution in [0.3, 0.4) is 0 Å². The topological polar surface area (TPSA) is 39.6 Å². The first-order valence-electron chi connectivity index (χ1n) is 8.01. The van der Waals surface area contributed by atoms with Crippen LogP contribution in [0.2, 0.25) is 0 Å². The Hall–Kier alpha value is -0.970. The molecule has 0 spiro atoms. The predicted molar refractivity (Wildman–Crippen MR) is 88.3 cm³/mol. The molecule has 1 fully saturated rings. The van der Waals surface area contributed by atoms with Crippen molar-refractivity contribution in [2.75, 3.05) is 32.7 Å². The van der Waals surface area contributed by atoms with Crippen molar-refractivity contribution in [1.29, 1.82) is 0 Å². The third kappa shape index (κ3) is 7.02. The molecule has 1 aromatic rings. The average molecular weight is 293 g/mol. The molecule has 0 saturated carbocycles. The molecule has 0 amide bonds. The number of nitrogens with zero attached hydrogens (tertiary/aromatic N) is 3. The van der Waals surface area contributed by atoms with Gasteiger partial charge in [-0.05, 0) is 32.4 Å². The number of β-amino-alcohol motifs (C(OH)–C–C–N with tert-alkyl or cyclic N) is 1. The van der Waals surface area contributed by atoms with Crippen LogP contribution in [0, 0.1) is 6.92 Å². The van der Waals surface area contributed by atoms with E-state index >= 15 is 0 Å². The summed E-state index contributed by atoms with van der Waals surface area (Å²) in [5.41, 5.74) is 1.75. The summed E-state index contributed by atoms with van der Waals surface area (Å²) < 4.78 is 0. The van der Waals surface area contributed by atoms with Crippen LogP contribution in [0.5, 0.6) is 0 Å². The Balaban J connectivity index is 0.00000106. The molecule has 0 radical (unpaired) electrons. The molecule has 0 bridgehead atoms. The van der Waals surface area contributed by atoms with Gasteiger partial charge in [0.05, 0.1) is 5.60 Å². The first-order valence-corrected chi connectivity index (χ1v) is 8.01. The number of aromatic nitrogens is 1. The van der Waals surface area contributed by atoms with E-state index in [9.17, 15) is 5.11 Å². The van der Waals surface area contributed by atoms with Crippen LogP contribution in [-0.2, 0) is 6.54 Å². The minimum atomic E-state index is -0.594. The van der Waals surface area contributed by atoms with E-state index in [1.165, 1.54) is 5.56 Å². The number of aliphatic hydroxyl groups is 1. The van der Waals surface area contributed by atoms with Gasteiger partial charge in [0.1, 0.15) is 0 Å². The predicted octanol–water partition coefficient (Wildman–Crippen LogP) is 2.30. The van der Waals surface area contributed by atoms with Crippen LogP contribution in [0.25, 0.3) is 0 Å². The van der Waals surface area contributed by atoms with Crippen LogP contribution in [0.4, 0.5) is 0 Å². The molecule has 1 N–H and O–H groups in total. The van der Waals surface area contributed by atoms with E-state index in [1.807, 2.05) is 40.8 Å². The second-order valence-corrected chi connectivity index (χ2v) is 6.17. The van der Waals surface area contributed by atoms with Crippen molar-refractivity contribution in [2.45, 2.75) is 46.8 Å². The first-order chi connectivity index (χ1) is 9.92. The molecule has 0 atom stereocenters. The Bertz CT molecular complexity index is 389. The van der Waals surface area contributed by atoms with Gasteiger partial charge in [-0.1, -0.05) is 19.9 Å². The number of rotatable bonds is 4. The third-order valence-corrected chi connectivity index (χ3v) is 3.45. The van der Waals surface area contributed by atoms with Crippen molar-refractivity contribution in [2.24, 2.45) is 0 Å². The van der Waals surface area contributed by atoms with E-state index < -0.39 is 5.60 Å². The quantitative estimate of drug-likeness (QED) is 0.925. The molecule has 1 aliphatic rings. The lowest BCUT2D eigenvalue weighted by Gasteiger charge is -2.37. The largest absolute Gasteiger partial charge is 0.389 e. The fraction of sp³-hybridized carbons (Fsp3) is 0.706. The zero-order chi connectivity index (χ0) is 15.9. The molecule has 2 heterocycles. The molecule has 0 aromatic carbocycles. The van der Waals surface area contributed by atoms with Crippen molar-refractivity contribution in [3.63, 3.8) is 0 Å². The number of piperazine rings is 1. The first kappa shape index (κ1) is 18.1. The van der Waals surface area contributed by atoms with Crippen LogP contribution >= 0.6 is 0 Å². The van der Waals surface area contributed by atoms with E-state index in [2.05, 4.69) is 26.9 Å². The van der Waals surface area contributed by atoms with Gasteiger partial charge < -0.3 is 5.11 Å². The van der Waals surface area contributed by atoms with Crippen molar-refractivity contribution < 1.29 is 5.11 Å². The fourth-order valence-electron chi connectivity index (χ4n) is 2.50. The lowest BCUT2D eigenvalue weighted by molar-refractivity contribution is 0.0166. The third-order valence-electron chi connectivity index (χ3n) is 3.45. The lowest BCUT2D eigenvalue weighted by atomic mass is 10.1. The van der Waals surface area contributed by atoms with Gasteiger partial charge in [-0.3, -0.25) is 14.8 Å². The standard InChI is InChI=1S/C15H25N3O.C2H6/c1-13-4-5-14(10-16-13)11-17-6-8-18(9-7-17)12-15(2,3)19;1-2/h4-5,10,19H,6-9,11-12H2,1-3H3;1-2H3. The molecule has 1 aliphatic heterocycles. The molecule has 0 unspecified atom stereocenters. The number of pyridine rings is 1. The van der Waals surface area contributed by atoms with Crippen LogP contribution in [-0.4, -0.2) is 58.2 Å². The Morgan fingerprint density at radius 1 is 1.10 bits per heavy atom. The summed E-state index contributed by atoms with van der Waals surface area (Å²) in [6, 6.07) is 4.23. The lowest BCUT2D eigenvalue weighted by Crippen LogP contribution is -2.50. The Labute approximate surface area is 129 Å². The van der Waals surface area contributed by atoms with Gasteiger partial charge >= 0.3 is 0 Å². The Morgan fingerprint density at radius 2 is 1.67 bits per heavy atom. The summed E-state index contributed by atoms with van der Waals surface area (Å²) in [7, 11) is 0. The van der Waals surface area contributed by atoms with Gasteiger partial charge in [0.2, 0.25) is 0 Å². The second-order valence-electron chi connectivity index (χ2n) is 6.17. The van der Waals surface area contributed by atoms with Gasteiger partial charge in [-0.15, -0.1) is 0 Å². The zero-order valence-corrected chi connectivity index (χ0v) is 14.3. The van der Waals surface area contributed by atoms with Crippen molar-refractivity contribution in [1.82, 2.24) is 14.8 Å². The molecule has 1 saturated heterocycles. The van der Waals surface area contributed by atoms with Crippen LogP contribution < -0.4 is 0 Å². The molecule has 120 valence electrons. The van der Waals surface area contributed by atoms with Crippen LogP contribution in [0.1, 0.15) is 39.0 Å². The minimum absolute atomic E-state index is 0.594. The maximum absolute atomic E-state index is 9.83. The molecular weight excluding hydrogens is 262 g/mol. The maximum atomic E-state index is 9.83. The molecule has 0 aliphatic carbocycles. The number of aryl methyl sites for hydroxylation is 1. The number of hydrogen-bond donors (Lipinski definition) is 1. The molecule has 21 heavy (non-hydrogen) atoms. The maximum Gasteiger partial charge on any atom is 0.0718 e. The van der Waals surface area contributed by atoms with E-state index in [-0.39, 0.29) is 0 Å². The highest BCUT2D eigenvalue weighted by atomic mass is 16.3. The summed E-state index contributed by atoms with van der Waals surface area (Å²) in [6.07, 6.45) is 1.97. The van der Waals surface area contributed by atoms with Gasteiger partial charge in [0.15, 0.2) is 0 Å². The SMILES string of the molecule is CC.Cc1ccc(CN2CCN(CC(C)(C)O)CC2)cn1. The smallest absolute Gasteiger partial charge is 0.0718 e. The molecule has 4 heteroatoms. The van der Waals surface area contributed by atoms with Crippen molar-refractivity contribution in [3.8, 4) is 0 Å². The minimum Gasteiger partial charge on any atom is -0.389 e. The van der Waals surface area contributed by atoms with Gasteiger partial charge in [-0.2, -0.15) is 0 Å². The highest BCUT2D eigenvalue weighted by Gasteiger charge is 2.22. The van der Waals surface area contributed by atoms with E-state index in [1.54, 1.807) is 0 Å². The van der Waals surface area contributed by atoms with Crippen LogP contribution in [0.15, 0.2) is 18.3 Å². The second kappa shape index (κ2) is 8.47. The molecule has 2 rings (SSSR count). The normalized spacial score (nSPS) is 17.2. The van der Waals surface area contributed by atoms with Crippen molar-refractivity contribution in [3.05, 3.63) is 29.6 Å². The fourth-order valence-corrected chi connectivity index (χ4v) is 2.50. The Morgan fingerprint density at radius 3 is 2.14 bits per heavy atom. The summed E-state index contributed by atoms with van der Waals surface area (Å²) in [6.45, 7) is 15.7. The molecule has 1 aromatic heterocycles.